The molecular weight excluding hydrogens is 232 g/mol. The summed E-state index contributed by atoms with van der Waals surface area (Å²) in [6, 6.07) is 7.19. The predicted molar refractivity (Wildman–Crippen MR) is 70.7 cm³/mol. The molecule has 0 spiro atoms. The molecule has 0 saturated carbocycles. The van der Waals surface area contributed by atoms with E-state index in [1.54, 1.807) is 12.1 Å². The Balaban J connectivity index is 2.43. The average molecular weight is 252 g/mol. The molecule has 0 aliphatic carbocycles. The minimum Gasteiger partial charge on any atom is -0.492 e. The van der Waals surface area contributed by atoms with Gasteiger partial charge >= 0.3 is 0 Å². The van der Waals surface area contributed by atoms with Crippen LogP contribution in [0.4, 0.5) is 5.69 Å². The first-order chi connectivity index (χ1) is 8.76. The molecule has 3 N–H and O–H groups in total. The van der Waals surface area contributed by atoms with Crippen LogP contribution in [0, 0.1) is 0 Å². The number of rotatable bonds is 8. The molecule has 1 aromatic rings. The van der Waals surface area contributed by atoms with E-state index in [0.29, 0.717) is 31.2 Å². The van der Waals surface area contributed by atoms with Gasteiger partial charge in [0.15, 0.2) is 0 Å². The van der Waals surface area contributed by atoms with Gasteiger partial charge < -0.3 is 20.5 Å². The normalized spacial score (nSPS) is 10.1. The molecule has 0 atom stereocenters. The number of hydrogen-bond donors (Lipinski definition) is 2. The van der Waals surface area contributed by atoms with Gasteiger partial charge in [0.05, 0.1) is 0 Å². The molecule has 0 aliphatic rings. The summed E-state index contributed by atoms with van der Waals surface area (Å²) in [5.74, 6) is 0.521. The molecule has 5 heteroatoms. The van der Waals surface area contributed by atoms with Gasteiger partial charge in [-0.1, -0.05) is 13.0 Å². The highest BCUT2D eigenvalue weighted by atomic mass is 16.5. The van der Waals surface area contributed by atoms with Crippen LogP contribution in [0.3, 0.4) is 0 Å². The molecule has 0 unspecified atom stereocenters. The van der Waals surface area contributed by atoms with Gasteiger partial charge in [0.1, 0.15) is 19.0 Å². The standard InChI is InChI=1S/C13H20N2O3/c1-2-7-17-10-13(16)15-11-4-3-5-12(9-11)18-8-6-14/h3-5,9H,2,6-8,10,14H2,1H3,(H,15,16). The maximum absolute atomic E-state index is 11.5. The average Bonchev–Trinajstić information content (AvgIpc) is 2.37. The van der Waals surface area contributed by atoms with Gasteiger partial charge in [-0.15, -0.1) is 0 Å². The first kappa shape index (κ1) is 14.5. The fourth-order valence-electron chi connectivity index (χ4n) is 1.35. The largest absolute Gasteiger partial charge is 0.492 e. The lowest BCUT2D eigenvalue weighted by molar-refractivity contribution is -0.120. The van der Waals surface area contributed by atoms with Crippen molar-refractivity contribution in [1.82, 2.24) is 0 Å². The number of amides is 1. The van der Waals surface area contributed by atoms with Gasteiger partial charge in [-0.3, -0.25) is 4.79 Å². The smallest absolute Gasteiger partial charge is 0.250 e. The van der Waals surface area contributed by atoms with Gasteiger partial charge in [0, 0.05) is 24.9 Å². The molecule has 0 fully saturated rings. The Kier molecular flexibility index (Phi) is 6.83. The summed E-state index contributed by atoms with van der Waals surface area (Å²) in [5.41, 5.74) is 6.04. The fourth-order valence-corrected chi connectivity index (χ4v) is 1.35. The molecule has 1 amide bonds. The Labute approximate surface area is 107 Å². The molecule has 0 saturated heterocycles. The number of nitrogens with two attached hydrogens (primary N) is 1. The Morgan fingerprint density at radius 3 is 2.94 bits per heavy atom. The minimum absolute atomic E-state index is 0.0712. The van der Waals surface area contributed by atoms with Crippen LogP contribution in [-0.2, 0) is 9.53 Å². The Bertz CT molecular complexity index is 369. The Hall–Kier alpha value is -1.59. The summed E-state index contributed by atoms with van der Waals surface area (Å²) >= 11 is 0. The van der Waals surface area contributed by atoms with Crippen molar-refractivity contribution in [2.24, 2.45) is 5.73 Å². The van der Waals surface area contributed by atoms with Crippen molar-refractivity contribution in [2.75, 3.05) is 31.7 Å². The molecule has 1 rings (SSSR count). The minimum atomic E-state index is -0.167. The van der Waals surface area contributed by atoms with Crippen LogP contribution in [0.1, 0.15) is 13.3 Å². The maximum Gasteiger partial charge on any atom is 0.250 e. The van der Waals surface area contributed by atoms with E-state index < -0.39 is 0 Å². The summed E-state index contributed by atoms with van der Waals surface area (Å²) in [6.07, 6.45) is 0.899. The number of anilines is 1. The molecule has 0 aromatic heterocycles. The van der Waals surface area contributed by atoms with Crippen molar-refractivity contribution in [1.29, 1.82) is 0 Å². The number of carbonyl (C=O) groups is 1. The lowest BCUT2D eigenvalue weighted by Crippen LogP contribution is -2.18. The number of hydrogen-bond acceptors (Lipinski definition) is 4. The molecule has 0 bridgehead atoms. The molecule has 5 nitrogen and oxygen atoms in total. The first-order valence-corrected chi connectivity index (χ1v) is 6.06. The number of benzene rings is 1. The molecule has 0 radical (unpaired) electrons. The van der Waals surface area contributed by atoms with Crippen LogP contribution in [0.25, 0.3) is 0 Å². The lowest BCUT2D eigenvalue weighted by Gasteiger charge is -2.08. The summed E-state index contributed by atoms with van der Waals surface area (Å²) in [7, 11) is 0. The Morgan fingerprint density at radius 2 is 2.22 bits per heavy atom. The zero-order valence-corrected chi connectivity index (χ0v) is 10.6. The van der Waals surface area contributed by atoms with Gasteiger partial charge in [0.25, 0.3) is 0 Å². The third kappa shape index (κ3) is 5.65. The zero-order chi connectivity index (χ0) is 13.2. The topological polar surface area (TPSA) is 73.6 Å². The van der Waals surface area contributed by atoms with Crippen LogP contribution in [-0.4, -0.2) is 32.3 Å². The van der Waals surface area contributed by atoms with E-state index in [0.717, 1.165) is 6.42 Å². The second-order valence-corrected chi connectivity index (χ2v) is 3.77. The van der Waals surface area contributed by atoms with Crippen LogP contribution < -0.4 is 15.8 Å². The highest BCUT2D eigenvalue weighted by Crippen LogP contribution is 2.17. The molecule has 0 heterocycles. The SMILES string of the molecule is CCCOCC(=O)Nc1cccc(OCCN)c1. The van der Waals surface area contributed by atoms with Crippen molar-refractivity contribution in [3.63, 3.8) is 0 Å². The second kappa shape index (κ2) is 8.49. The molecular formula is C13H20N2O3. The Morgan fingerprint density at radius 1 is 1.39 bits per heavy atom. The predicted octanol–water partition coefficient (Wildman–Crippen LogP) is 1.39. The molecule has 0 aliphatic heterocycles. The van der Waals surface area contributed by atoms with E-state index in [-0.39, 0.29) is 12.5 Å². The van der Waals surface area contributed by atoms with E-state index in [1.165, 1.54) is 0 Å². The van der Waals surface area contributed by atoms with Crippen LogP contribution in [0.15, 0.2) is 24.3 Å². The van der Waals surface area contributed by atoms with Crippen molar-refractivity contribution in [2.45, 2.75) is 13.3 Å². The number of carbonyl (C=O) groups excluding carboxylic acids is 1. The van der Waals surface area contributed by atoms with Crippen molar-refractivity contribution < 1.29 is 14.3 Å². The van der Waals surface area contributed by atoms with Crippen molar-refractivity contribution in [3.8, 4) is 5.75 Å². The molecule has 18 heavy (non-hydrogen) atoms. The summed E-state index contributed by atoms with van der Waals surface area (Å²) < 4.78 is 10.5. The highest BCUT2D eigenvalue weighted by molar-refractivity contribution is 5.91. The molecule has 100 valence electrons. The van der Waals surface area contributed by atoms with E-state index in [9.17, 15) is 4.79 Å². The lowest BCUT2D eigenvalue weighted by atomic mass is 10.3. The van der Waals surface area contributed by atoms with E-state index in [4.69, 9.17) is 15.2 Å². The summed E-state index contributed by atoms with van der Waals surface area (Å²) in [5, 5.41) is 2.74. The fraction of sp³-hybridized carbons (Fsp3) is 0.462. The monoisotopic (exact) mass is 252 g/mol. The first-order valence-electron chi connectivity index (χ1n) is 6.06. The number of nitrogens with one attached hydrogen (secondary N) is 1. The third-order valence-corrected chi connectivity index (χ3v) is 2.09. The zero-order valence-electron chi connectivity index (χ0n) is 10.6. The van der Waals surface area contributed by atoms with Crippen LogP contribution in [0.2, 0.25) is 0 Å². The van der Waals surface area contributed by atoms with E-state index in [1.807, 2.05) is 19.1 Å². The van der Waals surface area contributed by atoms with Crippen LogP contribution >= 0.6 is 0 Å². The maximum atomic E-state index is 11.5. The van der Waals surface area contributed by atoms with Crippen molar-refractivity contribution in [3.05, 3.63) is 24.3 Å². The van der Waals surface area contributed by atoms with Gasteiger partial charge in [-0.2, -0.15) is 0 Å². The van der Waals surface area contributed by atoms with Gasteiger partial charge in [-0.25, -0.2) is 0 Å². The van der Waals surface area contributed by atoms with Crippen LogP contribution in [0.5, 0.6) is 5.75 Å². The van der Waals surface area contributed by atoms with E-state index in [2.05, 4.69) is 5.32 Å². The second-order valence-electron chi connectivity index (χ2n) is 3.77. The summed E-state index contributed by atoms with van der Waals surface area (Å²) in [6.45, 7) is 3.57. The summed E-state index contributed by atoms with van der Waals surface area (Å²) in [4.78, 5) is 11.5. The van der Waals surface area contributed by atoms with Crippen molar-refractivity contribution >= 4 is 11.6 Å². The van der Waals surface area contributed by atoms with Gasteiger partial charge in [0.2, 0.25) is 5.91 Å². The third-order valence-electron chi connectivity index (χ3n) is 2.09. The number of ether oxygens (including phenoxy) is 2. The molecule has 1 aromatic carbocycles. The quantitative estimate of drug-likeness (QED) is 0.686. The van der Waals surface area contributed by atoms with E-state index >= 15 is 0 Å². The highest BCUT2D eigenvalue weighted by Gasteiger charge is 2.03. The van der Waals surface area contributed by atoms with Gasteiger partial charge in [-0.05, 0) is 18.6 Å².